The summed E-state index contributed by atoms with van der Waals surface area (Å²) < 4.78 is 0. The summed E-state index contributed by atoms with van der Waals surface area (Å²) >= 11 is 1.67. The average molecular weight is 520 g/mol. The minimum Gasteiger partial charge on any atom is -0.357 e. The van der Waals surface area contributed by atoms with E-state index in [0.29, 0.717) is 6.54 Å². The molecule has 1 atom stereocenters. The number of hydrogen-bond acceptors (Lipinski definition) is 5. The first-order valence-electron chi connectivity index (χ1n) is 9.50. The van der Waals surface area contributed by atoms with Crippen LogP contribution in [-0.4, -0.2) is 59.5 Å². The van der Waals surface area contributed by atoms with Crippen molar-refractivity contribution < 1.29 is 9.59 Å². The first-order chi connectivity index (χ1) is 12.9. The number of thiazole rings is 1. The number of aryl methyl sites for hydroxylation is 1. The highest BCUT2D eigenvalue weighted by Gasteiger charge is 2.48. The molecule has 0 saturated carbocycles. The Hall–Kier alpha value is -1.43. The van der Waals surface area contributed by atoms with Crippen molar-refractivity contribution in [2.75, 3.05) is 26.2 Å². The normalized spacial score (nSPS) is 23.2. The summed E-state index contributed by atoms with van der Waals surface area (Å²) in [6.07, 6.45) is 2.50. The van der Waals surface area contributed by atoms with Gasteiger partial charge in [-0.25, -0.2) is 9.78 Å². The van der Waals surface area contributed by atoms with Crippen molar-refractivity contribution in [3.63, 3.8) is 0 Å². The van der Waals surface area contributed by atoms with Crippen molar-refractivity contribution in [2.45, 2.75) is 45.6 Å². The van der Waals surface area contributed by atoms with Crippen LogP contribution < -0.4 is 16.0 Å². The molecule has 0 aromatic carbocycles. The number of nitrogens with one attached hydrogen (secondary N) is 3. The minimum absolute atomic E-state index is 0. The van der Waals surface area contributed by atoms with Crippen LogP contribution in [0.25, 0.3) is 0 Å². The predicted octanol–water partition coefficient (Wildman–Crippen LogP) is 1.89. The zero-order chi connectivity index (χ0) is 19.4. The highest BCUT2D eigenvalue weighted by atomic mass is 127. The van der Waals surface area contributed by atoms with E-state index in [1.807, 2.05) is 13.8 Å². The summed E-state index contributed by atoms with van der Waals surface area (Å²) in [5.74, 6) is 0.819. The topological polar surface area (TPSA) is 98.7 Å². The second kappa shape index (κ2) is 9.86. The van der Waals surface area contributed by atoms with Gasteiger partial charge in [-0.2, -0.15) is 0 Å². The summed E-state index contributed by atoms with van der Waals surface area (Å²) in [6, 6.07) is -0.392. The number of aliphatic imine (C=N–C) groups is 1. The molecule has 10 heteroatoms. The molecule has 0 bridgehead atoms. The predicted molar refractivity (Wildman–Crippen MR) is 121 cm³/mol. The van der Waals surface area contributed by atoms with E-state index < -0.39 is 11.6 Å². The Bertz CT molecular complexity index is 731. The summed E-state index contributed by atoms with van der Waals surface area (Å²) in [5.41, 5.74) is 0.285. The molecule has 8 nitrogen and oxygen atoms in total. The van der Waals surface area contributed by atoms with Crippen molar-refractivity contribution in [1.29, 1.82) is 0 Å². The van der Waals surface area contributed by atoms with Crippen LogP contribution in [0.1, 0.15) is 37.4 Å². The molecule has 1 aromatic rings. The van der Waals surface area contributed by atoms with E-state index in [2.05, 4.69) is 38.1 Å². The van der Waals surface area contributed by atoms with Crippen molar-refractivity contribution in [1.82, 2.24) is 25.8 Å². The fourth-order valence-electron chi connectivity index (χ4n) is 3.74. The third-order valence-corrected chi connectivity index (χ3v) is 6.14. The molecular weight excluding hydrogens is 491 g/mol. The number of amides is 3. The van der Waals surface area contributed by atoms with E-state index in [4.69, 9.17) is 4.99 Å². The maximum absolute atomic E-state index is 12.2. The largest absolute Gasteiger partial charge is 0.357 e. The van der Waals surface area contributed by atoms with Gasteiger partial charge in [-0.15, -0.1) is 35.3 Å². The molecule has 3 rings (SSSR count). The Balaban J connectivity index is 0.00000280. The summed E-state index contributed by atoms with van der Waals surface area (Å²) in [7, 11) is 0. The van der Waals surface area contributed by atoms with Crippen LogP contribution in [0.4, 0.5) is 4.79 Å². The van der Waals surface area contributed by atoms with Crippen LogP contribution >= 0.6 is 35.3 Å². The molecular formula is C18H29IN6O2S. The molecule has 156 valence electrons. The molecule has 2 saturated heterocycles. The maximum atomic E-state index is 12.2. The maximum Gasteiger partial charge on any atom is 0.322 e. The van der Waals surface area contributed by atoms with E-state index in [0.717, 1.165) is 55.6 Å². The number of urea groups is 1. The molecule has 28 heavy (non-hydrogen) atoms. The number of piperidine rings is 1. The zero-order valence-electron chi connectivity index (χ0n) is 16.6. The van der Waals surface area contributed by atoms with Gasteiger partial charge in [0.1, 0.15) is 5.54 Å². The fourth-order valence-corrected chi connectivity index (χ4v) is 4.39. The summed E-state index contributed by atoms with van der Waals surface area (Å²) in [6.45, 7) is 9.02. The first kappa shape index (κ1) is 22.9. The van der Waals surface area contributed by atoms with Crippen LogP contribution in [0.2, 0.25) is 0 Å². The van der Waals surface area contributed by atoms with Crippen molar-refractivity contribution in [3.8, 4) is 0 Å². The van der Waals surface area contributed by atoms with E-state index in [-0.39, 0.29) is 35.8 Å². The van der Waals surface area contributed by atoms with Crippen LogP contribution in [-0.2, 0) is 11.2 Å². The van der Waals surface area contributed by atoms with Gasteiger partial charge < -0.3 is 15.5 Å². The van der Waals surface area contributed by atoms with E-state index in [1.54, 1.807) is 11.3 Å². The number of aromatic nitrogens is 1. The van der Waals surface area contributed by atoms with Gasteiger partial charge in [-0.3, -0.25) is 15.1 Å². The fraction of sp³-hybridized carbons (Fsp3) is 0.667. The van der Waals surface area contributed by atoms with Gasteiger partial charge in [0.15, 0.2) is 5.96 Å². The van der Waals surface area contributed by atoms with Crippen LogP contribution in [0.3, 0.4) is 0 Å². The standard InChI is InChI=1S/C18H28N6O2S.HI/c1-4-19-16(20-8-5-14-11-27-12(2)21-14)24-9-6-13(7-10-24)18(3)15(25)22-17(26)23-18;/h11,13H,4-10H2,1-3H3,(H,19,20)(H2,22,23,25,26);1H. The van der Waals surface area contributed by atoms with Gasteiger partial charge >= 0.3 is 6.03 Å². The number of hydrogen-bond donors (Lipinski definition) is 3. The number of likely N-dealkylation sites (tertiary alicyclic amines) is 1. The lowest BCUT2D eigenvalue weighted by Crippen LogP contribution is -2.55. The third kappa shape index (κ3) is 5.13. The summed E-state index contributed by atoms with van der Waals surface area (Å²) in [4.78, 5) is 35.2. The SMILES string of the molecule is CCNC(=NCCc1csc(C)n1)N1CCC(C2(C)NC(=O)NC2=O)CC1.I. The molecule has 1 aromatic heterocycles. The van der Waals surface area contributed by atoms with Gasteiger partial charge in [-0.05, 0) is 39.5 Å². The monoisotopic (exact) mass is 520 g/mol. The van der Waals surface area contributed by atoms with Gasteiger partial charge in [-0.1, -0.05) is 0 Å². The molecule has 0 spiro atoms. The Morgan fingerprint density at radius 2 is 2.14 bits per heavy atom. The number of rotatable bonds is 5. The molecule has 2 fully saturated rings. The molecule has 0 aliphatic carbocycles. The molecule has 1 unspecified atom stereocenters. The van der Waals surface area contributed by atoms with Crippen molar-refractivity contribution in [2.24, 2.45) is 10.9 Å². The Kier molecular flexibility index (Phi) is 8.05. The zero-order valence-corrected chi connectivity index (χ0v) is 19.7. The molecule has 0 radical (unpaired) electrons. The first-order valence-corrected chi connectivity index (χ1v) is 10.4. The minimum atomic E-state index is -0.804. The Labute approximate surface area is 187 Å². The lowest BCUT2D eigenvalue weighted by atomic mass is 9.79. The number of imide groups is 1. The Morgan fingerprint density at radius 3 is 2.68 bits per heavy atom. The van der Waals surface area contributed by atoms with Gasteiger partial charge in [0.2, 0.25) is 0 Å². The number of nitrogens with zero attached hydrogens (tertiary/aromatic N) is 3. The molecule has 2 aliphatic heterocycles. The lowest BCUT2D eigenvalue weighted by molar-refractivity contribution is -0.125. The number of carbonyl (C=O) groups is 2. The lowest BCUT2D eigenvalue weighted by Gasteiger charge is -2.39. The average Bonchev–Trinajstić information content (AvgIpc) is 3.17. The number of carbonyl (C=O) groups excluding carboxylic acids is 2. The summed E-state index contributed by atoms with van der Waals surface area (Å²) in [5, 5.41) is 11.7. The Morgan fingerprint density at radius 1 is 1.43 bits per heavy atom. The van der Waals surface area contributed by atoms with Crippen molar-refractivity contribution in [3.05, 3.63) is 16.1 Å². The second-order valence-corrected chi connectivity index (χ2v) is 8.28. The van der Waals surface area contributed by atoms with Crippen LogP contribution in [0.15, 0.2) is 10.4 Å². The highest BCUT2D eigenvalue weighted by Crippen LogP contribution is 2.30. The molecule has 3 N–H and O–H groups in total. The number of halogens is 1. The smallest absolute Gasteiger partial charge is 0.322 e. The number of guanidine groups is 1. The van der Waals surface area contributed by atoms with Gasteiger partial charge in [0, 0.05) is 38.0 Å². The molecule has 3 heterocycles. The van der Waals surface area contributed by atoms with E-state index in [9.17, 15) is 9.59 Å². The highest BCUT2D eigenvalue weighted by molar-refractivity contribution is 14.0. The third-order valence-electron chi connectivity index (χ3n) is 5.31. The van der Waals surface area contributed by atoms with E-state index >= 15 is 0 Å². The van der Waals surface area contributed by atoms with Crippen molar-refractivity contribution >= 4 is 53.2 Å². The van der Waals surface area contributed by atoms with Crippen LogP contribution in [0.5, 0.6) is 0 Å². The van der Waals surface area contributed by atoms with E-state index in [1.165, 1.54) is 0 Å². The van der Waals surface area contributed by atoms with Gasteiger partial charge in [0.05, 0.1) is 10.7 Å². The quantitative estimate of drug-likeness (QED) is 0.239. The second-order valence-electron chi connectivity index (χ2n) is 7.22. The molecule has 2 aliphatic rings. The molecule has 3 amide bonds. The van der Waals surface area contributed by atoms with Gasteiger partial charge in [0.25, 0.3) is 5.91 Å². The van der Waals surface area contributed by atoms with Crippen LogP contribution in [0, 0.1) is 12.8 Å².